The molecule has 5 heteroatoms. The molecule has 0 spiro atoms. The molecule has 0 atom stereocenters. The zero-order valence-corrected chi connectivity index (χ0v) is 13.7. The Morgan fingerprint density at radius 3 is 2.62 bits per heavy atom. The maximum atomic E-state index is 11.8. The third-order valence-electron chi connectivity index (χ3n) is 4.24. The molecule has 0 bridgehead atoms. The SMILES string of the molecule is O=C(O)Cc1cc(=O)oc2cc(Nc3cccc4ccccc34)ccc12. The van der Waals surface area contributed by atoms with Crippen LogP contribution in [0.25, 0.3) is 21.7 Å². The van der Waals surface area contributed by atoms with Gasteiger partial charge in [-0.25, -0.2) is 4.79 Å². The lowest BCUT2D eigenvalue weighted by atomic mass is 10.1. The number of nitrogens with one attached hydrogen (secondary N) is 1. The highest BCUT2D eigenvalue weighted by molar-refractivity contribution is 5.96. The van der Waals surface area contributed by atoms with E-state index < -0.39 is 11.6 Å². The van der Waals surface area contributed by atoms with Crippen molar-refractivity contribution in [2.75, 3.05) is 5.32 Å². The van der Waals surface area contributed by atoms with Crippen LogP contribution in [0.1, 0.15) is 5.56 Å². The van der Waals surface area contributed by atoms with Crippen LogP contribution in [0.2, 0.25) is 0 Å². The largest absolute Gasteiger partial charge is 0.481 e. The van der Waals surface area contributed by atoms with E-state index in [1.807, 2.05) is 48.5 Å². The van der Waals surface area contributed by atoms with E-state index in [4.69, 9.17) is 9.52 Å². The van der Waals surface area contributed by atoms with Crippen LogP contribution in [0.15, 0.2) is 75.9 Å². The average molecular weight is 345 g/mol. The fourth-order valence-electron chi connectivity index (χ4n) is 3.11. The lowest BCUT2D eigenvalue weighted by Crippen LogP contribution is -2.06. The van der Waals surface area contributed by atoms with Crippen LogP contribution in [0.4, 0.5) is 11.4 Å². The zero-order chi connectivity index (χ0) is 18.1. The molecule has 0 amide bonds. The molecule has 3 aromatic carbocycles. The lowest BCUT2D eigenvalue weighted by molar-refractivity contribution is -0.136. The summed E-state index contributed by atoms with van der Waals surface area (Å²) in [4.78, 5) is 22.8. The molecule has 128 valence electrons. The van der Waals surface area contributed by atoms with Gasteiger partial charge in [0, 0.05) is 34.3 Å². The van der Waals surface area contributed by atoms with E-state index in [2.05, 4.69) is 5.32 Å². The topological polar surface area (TPSA) is 79.5 Å². The molecular weight excluding hydrogens is 330 g/mol. The number of anilines is 2. The third kappa shape index (κ3) is 3.02. The average Bonchev–Trinajstić information content (AvgIpc) is 2.61. The Bertz CT molecular complexity index is 1190. The van der Waals surface area contributed by atoms with E-state index in [0.717, 1.165) is 22.1 Å². The molecular formula is C21H15NO4. The smallest absolute Gasteiger partial charge is 0.336 e. The molecule has 0 radical (unpaired) electrons. The molecule has 4 rings (SSSR count). The molecule has 4 aromatic rings. The quantitative estimate of drug-likeness (QED) is 0.539. The van der Waals surface area contributed by atoms with Crippen LogP contribution in [0, 0.1) is 0 Å². The van der Waals surface area contributed by atoms with Gasteiger partial charge < -0.3 is 14.8 Å². The predicted octanol–water partition coefficient (Wildman–Crippen LogP) is 4.32. The molecule has 5 nitrogen and oxygen atoms in total. The van der Waals surface area contributed by atoms with Gasteiger partial charge in [0.2, 0.25) is 0 Å². The Balaban J connectivity index is 1.78. The summed E-state index contributed by atoms with van der Waals surface area (Å²) in [6.45, 7) is 0. The number of hydrogen-bond donors (Lipinski definition) is 2. The number of rotatable bonds is 4. The normalized spacial score (nSPS) is 10.9. The summed E-state index contributed by atoms with van der Waals surface area (Å²) in [5.41, 5.74) is 1.94. The van der Waals surface area contributed by atoms with Gasteiger partial charge in [-0.05, 0) is 29.1 Å². The fourth-order valence-corrected chi connectivity index (χ4v) is 3.11. The highest BCUT2D eigenvalue weighted by Crippen LogP contribution is 2.28. The van der Waals surface area contributed by atoms with E-state index in [0.29, 0.717) is 16.5 Å². The lowest BCUT2D eigenvalue weighted by Gasteiger charge is -2.11. The van der Waals surface area contributed by atoms with Crippen LogP contribution in [-0.2, 0) is 11.2 Å². The first kappa shape index (κ1) is 15.9. The predicted molar refractivity (Wildman–Crippen MR) is 101 cm³/mol. The van der Waals surface area contributed by atoms with Crippen molar-refractivity contribution >= 4 is 39.1 Å². The number of carbonyl (C=O) groups is 1. The summed E-state index contributed by atoms with van der Waals surface area (Å²) in [5.74, 6) is -0.991. The number of carboxylic acid groups (broad SMARTS) is 1. The highest BCUT2D eigenvalue weighted by Gasteiger charge is 2.10. The Morgan fingerprint density at radius 1 is 0.962 bits per heavy atom. The molecule has 0 aliphatic heterocycles. The Kier molecular flexibility index (Phi) is 3.89. The third-order valence-corrected chi connectivity index (χ3v) is 4.24. The van der Waals surface area contributed by atoms with Gasteiger partial charge in [0.25, 0.3) is 0 Å². The molecule has 0 aliphatic carbocycles. The first-order valence-corrected chi connectivity index (χ1v) is 8.13. The summed E-state index contributed by atoms with van der Waals surface area (Å²) in [5, 5.41) is 15.2. The van der Waals surface area contributed by atoms with E-state index in [9.17, 15) is 9.59 Å². The van der Waals surface area contributed by atoms with Crippen LogP contribution >= 0.6 is 0 Å². The van der Waals surface area contributed by atoms with E-state index in [1.165, 1.54) is 6.07 Å². The minimum Gasteiger partial charge on any atom is -0.481 e. The van der Waals surface area contributed by atoms with Crippen molar-refractivity contribution in [2.24, 2.45) is 0 Å². The molecule has 26 heavy (non-hydrogen) atoms. The minimum absolute atomic E-state index is 0.224. The Morgan fingerprint density at radius 2 is 1.77 bits per heavy atom. The van der Waals surface area contributed by atoms with Gasteiger partial charge in [0.1, 0.15) is 5.58 Å². The Labute approximate surface area is 148 Å². The van der Waals surface area contributed by atoms with Crippen molar-refractivity contribution in [2.45, 2.75) is 6.42 Å². The molecule has 0 fully saturated rings. The van der Waals surface area contributed by atoms with Crippen LogP contribution in [0.3, 0.4) is 0 Å². The first-order valence-electron chi connectivity index (χ1n) is 8.13. The number of fused-ring (bicyclic) bond motifs is 2. The monoisotopic (exact) mass is 345 g/mol. The summed E-state index contributed by atoms with van der Waals surface area (Å²) in [6.07, 6.45) is -0.224. The van der Waals surface area contributed by atoms with Crippen molar-refractivity contribution < 1.29 is 14.3 Å². The van der Waals surface area contributed by atoms with Crippen LogP contribution in [-0.4, -0.2) is 11.1 Å². The zero-order valence-electron chi connectivity index (χ0n) is 13.7. The highest BCUT2D eigenvalue weighted by atomic mass is 16.4. The molecule has 0 saturated carbocycles. The molecule has 2 N–H and O–H groups in total. The molecule has 0 unspecified atom stereocenters. The van der Waals surface area contributed by atoms with Crippen LogP contribution in [0.5, 0.6) is 0 Å². The summed E-state index contributed by atoms with van der Waals surface area (Å²) >= 11 is 0. The van der Waals surface area contributed by atoms with Gasteiger partial charge in [-0.3, -0.25) is 4.79 Å². The summed E-state index contributed by atoms with van der Waals surface area (Å²) < 4.78 is 5.26. The number of benzene rings is 3. The summed E-state index contributed by atoms with van der Waals surface area (Å²) in [7, 11) is 0. The fraction of sp³-hybridized carbons (Fsp3) is 0.0476. The first-order chi connectivity index (χ1) is 12.6. The second-order valence-electron chi connectivity index (χ2n) is 6.02. The second kappa shape index (κ2) is 6.37. The van der Waals surface area contributed by atoms with Gasteiger partial charge in [-0.2, -0.15) is 0 Å². The van der Waals surface area contributed by atoms with Crippen molar-refractivity contribution in [1.82, 2.24) is 0 Å². The van der Waals surface area contributed by atoms with Crippen molar-refractivity contribution in [3.8, 4) is 0 Å². The standard InChI is InChI=1S/C21H15NO4/c23-20(24)10-14-11-21(25)26-19-12-15(8-9-17(14)19)22-18-7-3-5-13-4-1-2-6-16(13)18/h1-9,11-12,22H,10H2,(H,23,24). The van der Waals surface area contributed by atoms with Gasteiger partial charge in [0.05, 0.1) is 6.42 Å². The number of carboxylic acids is 1. The molecule has 1 aromatic heterocycles. The van der Waals surface area contributed by atoms with Crippen molar-refractivity contribution in [3.05, 3.63) is 82.7 Å². The maximum Gasteiger partial charge on any atom is 0.336 e. The van der Waals surface area contributed by atoms with Crippen molar-refractivity contribution in [1.29, 1.82) is 0 Å². The van der Waals surface area contributed by atoms with Gasteiger partial charge in [0.15, 0.2) is 0 Å². The van der Waals surface area contributed by atoms with Crippen molar-refractivity contribution in [3.63, 3.8) is 0 Å². The number of aliphatic carboxylic acids is 1. The van der Waals surface area contributed by atoms with E-state index in [-0.39, 0.29) is 6.42 Å². The maximum absolute atomic E-state index is 11.8. The van der Waals surface area contributed by atoms with Gasteiger partial charge in [-0.1, -0.05) is 36.4 Å². The minimum atomic E-state index is -0.991. The summed E-state index contributed by atoms with van der Waals surface area (Å²) in [6, 6.07) is 20.6. The molecule has 0 saturated heterocycles. The molecule has 0 aliphatic rings. The van der Waals surface area contributed by atoms with Gasteiger partial charge in [-0.15, -0.1) is 0 Å². The van der Waals surface area contributed by atoms with Gasteiger partial charge >= 0.3 is 11.6 Å². The molecule has 1 heterocycles. The second-order valence-corrected chi connectivity index (χ2v) is 6.02. The Hall–Kier alpha value is -3.60. The van der Waals surface area contributed by atoms with E-state index >= 15 is 0 Å². The number of hydrogen-bond acceptors (Lipinski definition) is 4. The van der Waals surface area contributed by atoms with Crippen LogP contribution < -0.4 is 10.9 Å². The van der Waals surface area contributed by atoms with E-state index in [1.54, 1.807) is 12.1 Å².